The van der Waals surface area contributed by atoms with E-state index in [9.17, 15) is 4.39 Å². The zero-order valence-electron chi connectivity index (χ0n) is 8.89. The van der Waals surface area contributed by atoms with Gasteiger partial charge in [0.25, 0.3) is 0 Å². The van der Waals surface area contributed by atoms with Crippen LogP contribution in [0.15, 0.2) is 22.7 Å². The third-order valence-corrected chi connectivity index (χ3v) is 2.79. The molecule has 1 N–H and O–H groups in total. The second-order valence-electron chi connectivity index (χ2n) is 3.33. The molecule has 15 heavy (non-hydrogen) atoms. The van der Waals surface area contributed by atoms with E-state index in [0.29, 0.717) is 11.1 Å². The van der Waals surface area contributed by atoms with Gasteiger partial charge in [-0.15, -0.1) is 0 Å². The molecule has 0 radical (unpaired) electrons. The lowest BCUT2D eigenvalue weighted by molar-refractivity contribution is 0.184. The Kier molecular flexibility index (Phi) is 5.05. The number of ether oxygens (including phenoxy) is 1. The van der Waals surface area contributed by atoms with Crippen molar-refractivity contribution in [3.05, 3.63) is 28.5 Å². The molecule has 1 rings (SSSR count). The number of hydrogen-bond donors (Lipinski definition) is 1. The van der Waals surface area contributed by atoms with Crippen molar-refractivity contribution in [3.8, 4) is 0 Å². The van der Waals surface area contributed by atoms with Gasteiger partial charge in [-0.2, -0.15) is 0 Å². The standard InChI is InChI=1S/C11H15BrFNO/c1-3-8(7-15-2)14-9-4-5-10(12)11(13)6-9/h4-6,8,14H,3,7H2,1-2H3. The molecule has 0 spiro atoms. The highest BCUT2D eigenvalue weighted by Gasteiger charge is 2.06. The molecule has 0 aliphatic carbocycles. The van der Waals surface area contributed by atoms with Gasteiger partial charge in [0.2, 0.25) is 0 Å². The molecule has 0 amide bonds. The minimum Gasteiger partial charge on any atom is -0.383 e. The summed E-state index contributed by atoms with van der Waals surface area (Å²) >= 11 is 3.12. The Hall–Kier alpha value is -0.610. The number of anilines is 1. The van der Waals surface area contributed by atoms with Gasteiger partial charge in [-0.05, 0) is 40.5 Å². The summed E-state index contributed by atoms with van der Waals surface area (Å²) in [6.45, 7) is 2.68. The van der Waals surface area contributed by atoms with Crippen LogP contribution in [0.5, 0.6) is 0 Å². The van der Waals surface area contributed by atoms with Crippen LogP contribution in [0.1, 0.15) is 13.3 Å². The van der Waals surface area contributed by atoms with Crippen LogP contribution >= 0.6 is 15.9 Å². The van der Waals surface area contributed by atoms with Crippen LogP contribution in [0.4, 0.5) is 10.1 Å². The van der Waals surface area contributed by atoms with Gasteiger partial charge in [0.05, 0.1) is 11.1 Å². The lowest BCUT2D eigenvalue weighted by Gasteiger charge is -2.17. The van der Waals surface area contributed by atoms with Crippen molar-refractivity contribution in [3.63, 3.8) is 0 Å². The van der Waals surface area contributed by atoms with Crippen LogP contribution < -0.4 is 5.32 Å². The van der Waals surface area contributed by atoms with Crippen LogP contribution in [0, 0.1) is 5.82 Å². The molecule has 0 saturated heterocycles. The second kappa shape index (κ2) is 6.08. The first-order valence-electron chi connectivity index (χ1n) is 4.88. The molecule has 1 aromatic carbocycles. The Labute approximate surface area is 98.0 Å². The smallest absolute Gasteiger partial charge is 0.139 e. The number of methoxy groups -OCH3 is 1. The van der Waals surface area contributed by atoms with Crippen molar-refractivity contribution in [1.29, 1.82) is 0 Å². The van der Waals surface area contributed by atoms with E-state index in [4.69, 9.17) is 4.74 Å². The maximum Gasteiger partial charge on any atom is 0.139 e. The van der Waals surface area contributed by atoms with E-state index < -0.39 is 0 Å². The molecule has 0 aliphatic heterocycles. The summed E-state index contributed by atoms with van der Waals surface area (Å²) in [6, 6.07) is 5.22. The Morgan fingerprint density at radius 3 is 2.80 bits per heavy atom. The molecule has 0 fully saturated rings. The van der Waals surface area contributed by atoms with E-state index in [0.717, 1.165) is 12.1 Å². The topological polar surface area (TPSA) is 21.3 Å². The van der Waals surface area contributed by atoms with E-state index in [1.807, 2.05) is 6.07 Å². The third-order valence-electron chi connectivity index (χ3n) is 2.15. The molecule has 1 atom stereocenters. The average molecular weight is 276 g/mol. The fourth-order valence-electron chi connectivity index (χ4n) is 1.28. The SMILES string of the molecule is CCC(COC)Nc1ccc(Br)c(F)c1. The summed E-state index contributed by atoms with van der Waals surface area (Å²) in [7, 11) is 1.66. The van der Waals surface area contributed by atoms with E-state index in [1.54, 1.807) is 13.2 Å². The van der Waals surface area contributed by atoms with Gasteiger partial charge in [-0.1, -0.05) is 6.92 Å². The van der Waals surface area contributed by atoms with Gasteiger partial charge < -0.3 is 10.1 Å². The summed E-state index contributed by atoms with van der Waals surface area (Å²) in [5.74, 6) is -0.257. The van der Waals surface area contributed by atoms with Crippen molar-refractivity contribution in [2.24, 2.45) is 0 Å². The molecular weight excluding hydrogens is 261 g/mol. The molecule has 0 bridgehead atoms. The second-order valence-corrected chi connectivity index (χ2v) is 4.19. The van der Waals surface area contributed by atoms with Crippen LogP contribution in [-0.4, -0.2) is 19.8 Å². The summed E-state index contributed by atoms with van der Waals surface area (Å²) in [5.41, 5.74) is 0.777. The zero-order chi connectivity index (χ0) is 11.3. The largest absolute Gasteiger partial charge is 0.383 e. The highest BCUT2D eigenvalue weighted by molar-refractivity contribution is 9.10. The first-order valence-corrected chi connectivity index (χ1v) is 5.67. The molecule has 0 aromatic heterocycles. The Morgan fingerprint density at radius 1 is 1.53 bits per heavy atom. The number of hydrogen-bond acceptors (Lipinski definition) is 2. The Bertz CT molecular complexity index is 319. The van der Waals surface area contributed by atoms with Gasteiger partial charge in [-0.25, -0.2) is 4.39 Å². The lowest BCUT2D eigenvalue weighted by Crippen LogP contribution is -2.23. The first kappa shape index (κ1) is 12.5. The van der Waals surface area contributed by atoms with Crippen molar-refractivity contribution in [2.45, 2.75) is 19.4 Å². The highest BCUT2D eigenvalue weighted by atomic mass is 79.9. The van der Waals surface area contributed by atoms with E-state index in [-0.39, 0.29) is 11.9 Å². The summed E-state index contributed by atoms with van der Waals surface area (Å²) in [4.78, 5) is 0. The van der Waals surface area contributed by atoms with Gasteiger partial charge in [0.1, 0.15) is 5.82 Å². The average Bonchev–Trinajstić information content (AvgIpc) is 2.23. The minimum absolute atomic E-state index is 0.218. The van der Waals surface area contributed by atoms with Gasteiger partial charge >= 0.3 is 0 Å². The van der Waals surface area contributed by atoms with Crippen LogP contribution in [0.2, 0.25) is 0 Å². The predicted molar refractivity (Wildman–Crippen MR) is 63.7 cm³/mol. The molecular formula is C11H15BrFNO. The summed E-state index contributed by atoms with van der Waals surface area (Å²) in [5, 5.41) is 3.21. The van der Waals surface area contributed by atoms with Gasteiger partial charge in [0.15, 0.2) is 0 Å². The molecule has 1 aromatic rings. The van der Waals surface area contributed by atoms with E-state index in [2.05, 4.69) is 28.2 Å². The van der Waals surface area contributed by atoms with E-state index in [1.165, 1.54) is 6.07 Å². The molecule has 0 heterocycles. The van der Waals surface area contributed by atoms with Gasteiger partial charge in [-0.3, -0.25) is 0 Å². The van der Waals surface area contributed by atoms with Crippen molar-refractivity contribution in [1.82, 2.24) is 0 Å². The quantitative estimate of drug-likeness (QED) is 0.889. The number of rotatable bonds is 5. The van der Waals surface area contributed by atoms with Crippen molar-refractivity contribution >= 4 is 21.6 Å². The molecule has 84 valence electrons. The highest BCUT2D eigenvalue weighted by Crippen LogP contribution is 2.20. The monoisotopic (exact) mass is 275 g/mol. The maximum atomic E-state index is 13.2. The minimum atomic E-state index is -0.257. The molecule has 0 saturated carbocycles. The Morgan fingerprint density at radius 2 is 2.27 bits per heavy atom. The van der Waals surface area contributed by atoms with Crippen LogP contribution in [0.25, 0.3) is 0 Å². The number of halogens is 2. The molecule has 4 heteroatoms. The third kappa shape index (κ3) is 3.80. The van der Waals surface area contributed by atoms with Crippen molar-refractivity contribution < 1.29 is 9.13 Å². The van der Waals surface area contributed by atoms with Gasteiger partial charge in [0, 0.05) is 18.8 Å². The lowest BCUT2D eigenvalue weighted by atomic mass is 10.2. The molecule has 1 unspecified atom stereocenters. The molecule has 0 aliphatic rings. The zero-order valence-corrected chi connectivity index (χ0v) is 10.5. The first-order chi connectivity index (χ1) is 7.17. The molecule has 2 nitrogen and oxygen atoms in total. The Balaban J connectivity index is 2.66. The number of benzene rings is 1. The maximum absolute atomic E-state index is 13.2. The van der Waals surface area contributed by atoms with Crippen molar-refractivity contribution in [2.75, 3.05) is 19.0 Å². The number of nitrogens with one attached hydrogen (secondary N) is 1. The predicted octanol–water partition coefficient (Wildman–Crippen LogP) is 3.43. The fourth-order valence-corrected chi connectivity index (χ4v) is 1.53. The normalized spacial score (nSPS) is 12.5. The summed E-state index contributed by atoms with van der Waals surface area (Å²) < 4.78 is 18.7. The van der Waals surface area contributed by atoms with E-state index >= 15 is 0 Å². The fraction of sp³-hybridized carbons (Fsp3) is 0.455. The van der Waals surface area contributed by atoms with Crippen LogP contribution in [0.3, 0.4) is 0 Å². The van der Waals surface area contributed by atoms with Crippen LogP contribution in [-0.2, 0) is 4.74 Å². The summed E-state index contributed by atoms with van der Waals surface area (Å²) in [6.07, 6.45) is 0.936.